The van der Waals surface area contributed by atoms with Crippen LogP contribution in [0.5, 0.6) is 0 Å². The Kier molecular flexibility index (Phi) is 3.45. The van der Waals surface area contributed by atoms with E-state index in [4.69, 9.17) is 4.52 Å². The topological polar surface area (TPSA) is 59.2 Å². The molecule has 1 aliphatic heterocycles. The van der Waals surface area contributed by atoms with E-state index in [0.717, 1.165) is 31.8 Å². The fraction of sp³-hybridized carbons (Fsp3) is 0.750. The highest BCUT2D eigenvalue weighted by Gasteiger charge is 2.28. The number of amides is 1. The molecular formula is C12H19N3O2. The van der Waals surface area contributed by atoms with Gasteiger partial charge in [-0.15, -0.1) is 0 Å². The normalized spacial score (nSPS) is 20.9. The molecule has 0 saturated carbocycles. The number of nitrogens with zero attached hydrogens (tertiary/aromatic N) is 3. The van der Waals surface area contributed by atoms with Crippen LogP contribution in [-0.2, 0) is 4.79 Å². The smallest absolute Gasteiger partial charge is 0.225 e. The Morgan fingerprint density at radius 2 is 2.29 bits per heavy atom. The third kappa shape index (κ3) is 2.65. The molecule has 1 aromatic heterocycles. The fourth-order valence-electron chi connectivity index (χ4n) is 2.23. The minimum Gasteiger partial charge on any atom is -0.342 e. The van der Waals surface area contributed by atoms with Crippen molar-refractivity contribution in [2.24, 2.45) is 5.92 Å². The Morgan fingerprint density at radius 3 is 2.88 bits per heavy atom. The number of hydrogen-bond donors (Lipinski definition) is 0. The highest BCUT2D eigenvalue weighted by Crippen LogP contribution is 2.25. The van der Waals surface area contributed by atoms with Crippen molar-refractivity contribution in [1.82, 2.24) is 15.0 Å². The van der Waals surface area contributed by atoms with E-state index in [1.807, 2.05) is 18.7 Å². The van der Waals surface area contributed by atoms with Gasteiger partial charge in [0, 0.05) is 31.8 Å². The van der Waals surface area contributed by atoms with E-state index in [0.29, 0.717) is 5.89 Å². The highest BCUT2D eigenvalue weighted by molar-refractivity contribution is 5.78. The summed E-state index contributed by atoms with van der Waals surface area (Å²) >= 11 is 0. The summed E-state index contributed by atoms with van der Waals surface area (Å²) in [5.74, 6) is 1.83. The molecule has 2 heterocycles. The van der Waals surface area contributed by atoms with Crippen molar-refractivity contribution in [2.45, 2.75) is 39.5 Å². The first kappa shape index (κ1) is 12.1. The van der Waals surface area contributed by atoms with Crippen molar-refractivity contribution in [1.29, 1.82) is 0 Å². The van der Waals surface area contributed by atoms with Gasteiger partial charge in [0.05, 0.1) is 0 Å². The molecule has 1 unspecified atom stereocenters. The summed E-state index contributed by atoms with van der Waals surface area (Å²) in [5.41, 5.74) is 0. The molecule has 1 aromatic rings. The summed E-state index contributed by atoms with van der Waals surface area (Å²) in [6, 6.07) is 0. The van der Waals surface area contributed by atoms with Gasteiger partial charge in [-0.05, 0) is 12.8 Å². The predicted molar refractivity (Wildman–Crippen MR) is 62.4 cm³/mol. The van der Waals surface area contributed by atoms with Gasteiger partial charge < -0.3 is 9.42 Å². The minimum absolute atomic E-state index is 0.0563. The number of likely N-dealkylation sites (tertiary alicyclic amines) is 1. The lowest BCUT2D eigenvalue weighted by Gasteiger charge is -2.32. The summed E-state index contributed by atoms with van der Waals surface area (Å²) in [6.07, 6.45) is 2.04. The quantitative estimate of drug-likeness (QED) is 0.786. The van der Waals surface area contributed by atoms with Crippen LogP contribution in [0.1, 0.15) is 44.3 Å². The molecule has 1 amide bonds. The molecule has 0 radical (unpaired) electrons. The molecule has 0 aliphatic carbocycles. The average Bonchev–Trinajstić information content (AvgIpc) is 2.75. The van der Waals surface area contributed by atoms with Crippen LogP contribution in [0, 0.1) is 12.8 Å². The van der Waals surface area contributed by atoms with Crippen molar-refractivity contribution >= 4 is 5.91 Å². The molecule has 1 aliphatic rings. The van der Waals surface area contributed by atoms with Gasteiger partial charge in [-0.2, -0.15) is 4.98 Å². The number of carbonyl (C=O) groups excluding carboxylic acids is 1. The molecule has 5 nitrogen and oxygen atoms in total. The first-order chi connectivity index (χ1) is 8.08. The number of aryl methyl sites for hydroxylation is 1. The molecule has 0 N–H and O–H groups in total. The van der Waals surface area contributed by atoms with E-state index in [9.17, 15) is 4.79 Å². The third-order valence-electron chi connectivity index (χ3n) is 3.14. The molecule has 5 heteroatoms. The van der Waals surface area contributed by atoms with Gasteiger partial charge in [-0.25, -0.2) is 0 Å². The van der Waals surface area contributed by atoms with Crippen molar-refractivity contribution in [3.63, 3.8) is 0 Å². The SMILES string of the molecule is Cc1nc(C2CCCN(C(=O)C(C)C)C2)no1. The van der Waals surface area contributed by atoms with Crippen LogP contribution in [0.3, 0.4) is 0 Å². The molecule has 0 bridgehead atoms. The zero-order valence-electron chi connectivity index (χ0n) is 10.6. The van der Waals surface area contributed by atoms with E-state index < -0.39 is 0 Å². The van der Waals surface area contributed by atoms with E-state index in [1.165, 1.54) is 0 Å². The van der Waals surface area contributed by atoms with E-state index in [1.54, 1.807) is 6.92 Å². The van der Waals surface area contributed by atoms with Gasteiger partial charge in [0.15, 0.2) is 5.82 Å². The zero-order valence-corrected chi connectivity index (χ0v) is 10.6. The van der Waals surface area contributed by atoms with E-state index in [-0.39, 0.29) is 17.7 Å². The average molecular weight is 237 g/mol. The van der Waals surface area contributed by atoms with Crippen molar-refractivity contribution < 1.29 is 9.32 Å². The Balaban J connectivity index is 2.04. The molecule has 2 rings (SSSR count). The number of hydrogen-bond acceptors (Lipinski definition) is 4. The predicted octanol–water partition coefficient (Wildman–Crippen LogP) is 1.74. The Morgan fingerprint density at radius 1 is 1.53 bits per heavy atom. The standard InChI is InChI=1S/C12H19N3O2/c1-8(2)12(16)15-6-4-5-10(7-15)11-13-9(3)17-14-11/h8,10H,4-7H2,1-3H3. The van der Waals surface area contributed by atoms with E-state index >= 15 is 0 Å². The van der Waals surface area contributed by atoms with Crippen LogP contribution in [0.15, 0.2) is 4.52 Å². The van der Waals surface area contributed by atoms with Gasteiger partial charge in [0.25, 0.3) is 0 Å². The fourth-order valence-corrected chi connectivity index (χ4v) is 2.23. The summed E-state index contributed by atoms with van der Waals surface area (Å²) < 4.78 is 5.00. The monoisotopic (exact) mass is 237 g/mol. The molecule has 1 fully saturated rings. The van der Waals surface area contributed by atoms with Crippen LogP contribution >= 0.6 is 0 Å². The second-order valence-electron chi connectivity index (χ2n) is 4.95. The lowest BCUT2D eigenvalue weighted by Crippen LogP contribution is -2.41. The largest absolute Gasteiger partial charge is 0.342 e. The van der Waals surface area contributed by atoms with Crippen molar-refractivity contribution in [3.8, 4) is 0 Å². The van der Waals surface area contributed by atoms with Gasteiger partial charge in [-0.3, -0.25) is 4.79 Å². The summed E-state index contributed by atoms with van der Waals surface area (Å²) in [7, 11) is 0. The second kappa shape index (κ2) is 4.85. The van der Waals surface area contributed by atoms with Crippen molar-refractivity contribution in [2.75, 3.05) is 13.1 Å². The van der Waals surface area contributed by atoms with Gasteiger partial charge in [0.2, 0.25) is 11.8 Å². The third-order valence-corrected chi connectivity index (χ3v) is 3.14. The van der Waals surface area contributed by atoms with Gasteiger partial charge >= 0.3 is 0 Å². The van der Waals surface area contributed by atoms with Crippen LogP contribution in [0.2, 0.25) is 0 Å². The molecule has 1 atom stereocenters. The Labute approximate surface area is 101 Å². The zero-order chi connectivity index (χ0) is 12.4. The molecule has 94 valence electrons. The maximum absolute atomic E-state index is 11.9. The maximum Gasteiger partial charge on any atom is 0.225 e. The number of piperidine rings is 1. The summed E-state index contributed by atoms with van der Waals surface area (Å²) in [6.45, 7) is 7.23. The maximum atomic E-state index is 11.9. The summed E-state index contributed by atoms with van der Waals surface area (Å²) in [5, 5.41) is 3.95. The number of aromatic nitrogens is 2. The van der Waals surface area contributed by atoms with Gasteiger partial charge in [0.1, 0.15) is 0 Å². The molecule has 1 saturated heterocycles. The minimum atomic E-state index is 0.0563. The molecule has 0 aromatic carbocycles. The highest BCUT2D eigenvalue weighted by atomic mass is 16.5. The first-order valence-electron chi connectivity index (χ1n) is 6.17. The van der Waals surface area contributed by atoms with Crippen LogP contribution < -0.4 is 0 Å². The Hall–Kier alpha value is -1.39. The van der Waals surface area contributed by atoms with Crippen LogP contribution in [0.25, 0.3) is 0 Å². The van der Waals surface area contributed by atoms with Crippen LogP contribution in [-0.4, -0.2) is 34.0 Å². The second-order valence-corrected chi connectivity index (χ2v) is 4.95. The molecule has 0 spiro atoms. The van der Waals surface area contributed by atoms with E-state index in [2.05, 4.69) is 10.1 Å². The number of carbonyl (C=O) groups is 1. The molecular weight excluding hydrogens is 218 g/mol. The van der Waals surface area contributed by atoms with Crippen LogP contribution in [0.4, 0.5) is 0 Å². The van der Waals surface area contributed by atoms with Crippen molar-refractivity contribution in [3.05, 3.63) is 11.7 Å². The lowest BCUT2D eigenvalue weighted by atomic mass is 9.96. The summed E-state index contributed by atoms with van der Waals surface area (Å²) in [4.78, 5) is 18.1. The molecule has 17 heavy (non-hydrogen) atoms. The lowest BCUT2D eigenvalue weighted by molar-refractivity contribution is -0.135. The van der Waals surface area contributed by atoms with Gasteiger partial charge in [-0.1, -0.05) is 19.0 Å². The first-order valence-corrected chi connectivity index (χ1v) is 6.17. The Bertz CT molecular complexity index is 400. The number of rotatable bonds is 2.